The quantitative estimate of drug-likeness (QED) is 0.175. The summed E-state index contributed by atoms with van der Waals surface area (Å²) >= 11 is 0. The van der Waals surface area contributed by atoms with Crippen LogP contribution in [0.15, 0.2) is 179 Å². The lowest BCUT2D eigenvalue weighted by Gasteiger charge is -2.10. The molecule has 0 fully saturated rings. The first-order valence-electron chi connectivity index (χ1n) is 17.1. The molecule has 0 saturated heterocycles. The third-order valence-electron chi connectivity index (χ3n) is 9.41. The highest BCUT2D eigenvalue weighted by atomic mass is 16.4. The van der Waals surface area contributed by atoms with E-state index in [0.29, 0.717) is 28.9 Å². The van der Waals surface area contributed by atoms with Gasteiger partial charge in [-0.25, -0.2) is 19.9 Å². The van der Waals surface area contributed by atoms with Gasteiger partial charge in [-0.05, 0) is 46.5 Å². The molecule has 0 unspecified atom stereocenters. The summed E-state index contributed by atoms with van der Waals surface area (Å²) in [5.74, 6) is 2.32. The Morgan fingerprint density at radius 2 is 0.731 bits per heavy atom. The minimum Gasteiger partial charge on any atom is -0.456 e. The first kappa shape index (κ1) is 29.7. The molecule has 0 atom stereocenters. The van der Waals surface area contributed by atoms with Gasteiger partial charge in [0.2, 0.25) is 5.89 Å². The summed E-state index contributed by atoms with van der Waals surface area (Å²) < 4.78 is 12.3. The summed E-state index contributed by atoms with van der Waals surface area (Å²) in [6.07, 6.45) is 0. The van der Waals surface area contributed by atoms with E-state index in [-0.39, 0.29) is 0 Å². The fourth-order valence-corrected chi connectivity index (χ4v) is 6.68. The lowest BCUT2D eigenvalue weighted by Crippen LogP contribution is -2.00. The van der Waals surface area contributed by atoms with Crippen LogP contribution in [0.4, 0.5) is 0 Å². The zero-order valence-corrected chi connectivity index (χ0v) is 27.8. The van der Waals surface area contributed by atoms with Crippen molar-refractivity contribution in [2.24, 2.45) is 0 Å². The van der Waals surface area contributed by atoms with Crippen LogP contribution in [0.25, 0.3) is 101 Å². The van der Waals surface area contributed by atoms with Gasteiger partial charge in [-0.2, -0.15) is 0 Å². The number of oxazole rings is 1. The summed E-state index contributed by atoms with van der Waals surface area (Å²) in [6, 6.07) is 57.3. The molecule has 6 nitrogen and oxygen atoms in total. The van der Waals surface area contributed by atoms with E-state index < -0.39 is 0 Å². The number of aromatic nitrogens is 4. The van der Waals surface area contributed by atoms with Crippen molar-refractivity contribution in [2.75, 3.05) is 0 Å². The summed E-state index contributed by atoms with van der Waals surface area (Å²) in [5, 5.41) is 2.08. The van der Waals surface area contributed by atoms with Gasteiger partial charge in [0, 0.05) is 39.1 Å². The molecule has 0 aliphatic heterocycles. The summed E-state index contributed by atoms with van der Waals surface area (Å²) in [4.78, 5) is 19.8. The average Bonchev–Trinajstić information content (AvgIpc) is 3.81. The SMILES string of the molecule is c1ccc(-c2ccc(-c3nc(-c4ccc(-c5ccccc5)cc4)nc(-c4ccc(-c5nc6cc7c(cc6o5)oc5ccccc57)cc4)n3)cc2)cc1. The van der Waals surface area contributed by atoms with Crippen molar-refractivity contribution in [3.63, 3.8) is 0 Å². The molecule has 0 spiro atoms. The van der Waals surface area contributed by atoms with Gasteiger partial charge in [-0.15, -0.1) is 0 Å². The van der Waals surface area contributed by atoms with Crippen LogP contribution in [-0.2, 0) is 0 Å². The van der Waals surface area contributed by atoms with Crippen molar-refractivity contribution < 1.29 is 8.83 Å². The van der Waals surface area contributed by atoms with Crippen LogP contribution < -0.4 is 0 Å². The van der Waals surface area contributed by atoms with Crippen LogP contribution in [0.5, 0.6) is 0 Å². The van der Waals surface area contributed by atoms with E-state index in [4.69, 9.17) is 28.8 Å². The van der Waals surface area contributed by atoms with Crippen molar-refractivity contribution in [2.45, 2.75) is 0 Å². The maximum absolute atomic E-state index is 6.23. The van der Waals surface area contributed by atoms with E-state index >= 15 is 0 Å². The predicted molar refractivity (Wildman–Crippen MR) is 207 cm³/mol. The van der Waals surface area contributed by atoms with Gasteiger partial charge >= 0.3 is 0 Å². The molecule has 52 heavy (non-hydrogen) atoms. The number of nitrogens with zero attached hydrogens (tertiary/aromatic N) is 4. The van der Waals surface area contributed by atoms with Crippen molar-refractivity contribution >= 4 is 33.0 Å². The molecule has 3 heterocycles. The van der Waals surface area contributed by atoms with Crippen molar-refractivity contribution in [1.82, 2.24) is 19.9 Å². The molecule has 7 aromatic carbocycles. The zero-order chi connectivity index (χ0) is 34.4. The number of hydrogen-bond acceptors (Lipinski definition) is 6. The van der Waals surface area contributed by atoms with Gasteiger partial charge in [0.25, 0.3) is 0 Å². The molecular formula is C46H28N4O2. The van der Waals surface area contributed by atoms with E-state index in [1.54, 1.807) is 0 Å². The number of benzene rings is 7. The van der Waals surface area contributed by atoms with E-state index in [1.807, 2.05) is 91.0 Å². The highest BCUT2D eigenvalue weighted by Crippen LogP contribution is 2.35. The molecule has 0 bridgehead atoms. The van der Waals surface area contributed by atoms with Crippen LogP contribution in [0.3, 0.4) is 0 Å². The second-order valence-electron chi connectivity index (χ2n) is 12.7. The summed E-state index contributed by atoms with van der Waals surface area (Å²) in [6.45, 7) is 0. The lowest BCUT2D eigenvalue weighted by molar-refractivity contribution is 0.617. The van der Waals surface area contributed by atoms with Crippen molar-refractivity contribution in [3.05, 3.63) is 170 Å². The topological polar surface area (TPSA) is 77.8 Å². The van der Waals surface area contributed by atoms with Gasteiger partial charge in [-0.1, -0.05) is 140 Å². The molecule has 244 valence electrons. The van der Waals surface area contributed by atoms with Gasteiger partial charge in [0.15, 0.2) is 23.1 Å². The average molecular weight is 669 g/mol. The smallest absolute Gasteiger partial charge is 0.227 e. The standard InChI is InChI=1S/C46H28N4O2/c1-3-9-29(10-4-1)31-15-19-33(20-16-31)43-48-44(34-21-17-32(18-22-34)30-11-5-2-6-12-30)50-45(49-43)35-23-25-36(26-24-35)46-47-39-27-38-37-13-7-8-14-40(37)51-41(38)28-42(39)52-46/h1-28H. The Labute approximate surface area is 298 Å². The Balaban J connectivity index is 1.02. The molecule has 0 radical (unpaired) electrons. The number of rotatable bonds is 6. The first-order chi connectivity index (χ1) is 25.7. The van der Waals surface area contributed by atoms with Crippen LogP contribution in [0.2, 0.25) is 0 Å². The first-order valence-corrected chi connectivity index (χ1v) is 17.1. The molecule has 6 heteroatoms. The number of furan rings is 1. The molecular weight excluding hydrogens is 641 g/mol. The number of fused-ring (bicyclic) bond motifs is 4. The summed E-state index contributed by atoms with van der Waals surface area (Å²) in [7, 11) is 0. The molecule has 3 aromatic heterocycles. The normalized spacial score (nSPS) is 11.5. The highest BCUT2D eigenvalue weighted by molar-refractivity contribution is 6.08. The maximum atomic E-state index is 6.23. The summed E-state index contributed by atoms with van der Waals surface area (Å²) in [5.41, 5.74) is 11.2. The van der Waals surface area contributed by atoms with Crippen LogP contribution in [0.1, 0.15) is 0 Å². The van der Waals surface area contributed by atoms with Crippen molar-refractivity contribution in [1.29, 1.82) is 0 Å². The fraction of sp³-hybridized carbons (Fsp3) is 0. The third kappa shape index (κ3) is 5.39. The molecule has 0 N–H and O–H groups in total. The van der Waals surface area contributed by atoms with E-state index in [1.165, 1.54) is 0 Å². The van der Waals surface area contributed by atoms with Crippen molar-refractivity contribution in [3.8, 4) is 67.9 Å². The van der Waals surface area contributed by atoms with E-state index in [9.17, 15) is 0 Å². The Hall–Kier alpha value is -7.18. The Kier molecular flexibility index (Phi) is 7.03. The predicted octanol–water partition coefficient (Wildman–Crippen LogP) is 11.9. The lowest BCUT2D eigenvalue weighted by atomic mass is 10.0. The van der Waals surface area contributed by atoms with Gasteiger partial charge in [-0.3, -0.25) is 0 Å². The van der Waals surface area contributed by atoms with Gasteiger partial charge in [0.1, 0.15) is 16.7 Å². The number of hydrogen-bond donors (Lipinski definition) is 0. The molecule has 0 amide bonds. The minimum absolute atomic E-state index is 0.535. The second kappa shape index (κ2) is 12.3. The number of para-hydroxylation sites is 1. The van der Waals surface area contributed by atoms with Crippen LogP contribution >= 0.6 is 0 Å². The van der Waals surface area contributed by atoms with E-state index in [0.717, 1.165) is 72.0 Å². The van der Waals surface area contributed by atoms with Crippen LogP contribution in [0, 0.1) is 0 Å². The van der Waals surface area contributed by atoms with Gasteiger partial charge < -0.3 is 8.83 Å². The highest BCUT2D eigenvalue weighted by Gasteiger charge is 2.16. The molecule has 0 aliphatic rings. The molecule has 0 saturated carbocycles. The Morgan fingerprint density at radius 1 is 0.288 bits per heavy atom. The molecule has 10 aromatic rings. The Bertz CT molecular complexity index is 2760. The molecule has 0 aliphatic carbocycles. The molecule has 10 rings (SSSR count). The monoisotopic (exact) mass is 668 g/mol. The van der Waals surface area contributed by atoms with E-state index in [2.05, 4.69) is 78.9 Å². The second-order valence-corrected chi connectivity index (χ2v) is 12.7. The maximum Gasteiger partial charge on any atom is 0.227 e. The fourth-order valence-electron chi connectivity index (χ4n) is 6.68. The van der Waals surface area contributed by atoms with Crippen LogP contribution in [-0.4, -0.2) is 19.9 Å². The third-order valence-corrected chi connectivity index (χ3v) is 9.41. The Morgan fingerprint density at radius 3 is 1.27 bits per heavy atom. The van der Waals surface area contributed by atoms with Gasteiger partial charge in [0.05, 0.1) is 0 Å². The zero-order valence-electron chi connectivity index (χ0n) is 27.8. The minimum atomic E-state index is 0.535. The largest absolute Gasteiger partial charge is 0.456 e.